The van der Waals surface area contributed by atoms with E-state index in [0.717, 1.165) is 12.8 Å². The molecule has 1 unspecified atom stereocenters. The first-order chi connectivity index (χ1) is 8.26. The highest BCUT2D eigenvalue weighted by molar-refractivity contribution is 5.77. The van der Waals surface area contributed by atoms with Crippen LogP contribution < -0.4 is 0 Å². The van der Waals surface area contributed by atoms with Crippen LogP contribution in [0.4, 0.5) is 0 Å². The zero-order valence-electron chi connectivity index (χ0n) is 13.1. The standard InChI is InChI=1S/C15H30O3/c1-11(2)8-9-15(10-17-7,12(3)4)14(16)18-13(5)6/h11-13H,8-10H2,1-7H3. The van der Waals surface area contributed by atoms with Gasteiger partial charge in [-0.1, -0.05) is 27.7 Å². The molecule has 0 fully saturated rings. The maximum atomic E-state index is 12.4. The van der Waals surface area contributed by atoms with Gasteiger partial charge in [0.1, 0.15) is 0 Å². The number of ether oxygens (including phenoxy) is 2. The van der Waals surface area contributed by atoms with Gasteiger partial charge in [-0.25, -0.2) is 0 Å². The molecule has 0 aliphatic heterocycles. The van der Waals surface area contributed by atoms with Crippen molar-refractivity contribution in [1.82, 2.24) is 0 Å². The van der Waals surface area contributed by atoms with Crippen LogP contribution in [0, 0.1) is 17.3 Å². The zero-order valence-corrected chi connectivity index (χ0v) is 13.1. The van der Waals surface area contributed by atoms with Gasteiger partial charge in [-0.15, -0.1) is 0 Å². The van der Waals surface area contributed by atoms with Crippen LogP contribution in [-0.4, -0.2) is 25.8 Å². The molecule has 0 aromatic carbocycles. The fourth-order valence-electron chi connectivity index (χ4n) is 2.06. The van der Waals surface area contributed by atoms with E-state index in [9.17, 15) is 4.79 Å². The summed E-state index contributed by atoms with van der Waals surface area (Å²) in [5.41, 5.74) is -0.511. The highest BCUT2D eigenvalue weighted by Crippen LogP contribution is 2.36. The third-order valence-electron chi connectivity index (χ3n) is 3.42. The monoisotopic (exact) mass is 258 g/mol. The van der Waals surface area contributed by atoms with Crippen LogP contribution in [0.25, 0.3) is 0 Å². The molecule has 0 radical (unpaired) electrons. The minimum atomic E-state index is -0.511. The van der Waals surface area contributed by atoms with Gasteiger partial charge in [0.25, 0.3) is 0 Å². The van der Waals surface area contributed by atoms with Crippen molar-refractivity contribution in [3.8, 4) is 0 Å². The highest BCUT2D eigenvalue weighted by atomic mass is 16.5. The molecule has 0 amide bonds. The minimum absolute atomic E-state index is 0.0773. The molecule has 0 heterocycles. The van der Waals surface area contributed by atoms with E-state index in [-0.39, 0.29) is 18.0 Å². The molecule has 0 bridgehead atoms. The predicted molar refractivity (Wildman–Crippen MR) is 74.4 cm³/mol. The molecule has 18 heavy (non-hydrogen) atoms. The quantitative estimate of drug-likeness (QED) is 0.623. The predicted octanol–water partition coefficient (Wildman–Crippen LogP) is 3.66. The maximum absolute atomic E-state index is 12.4. The third-order valence-corrected chi connectivity index (χ3v) is 3.42. The van der Waals surface area contributed by atoms with E-state index in [1.165, 1.54) is 0 Å². The molecular formula is C15H30O3. The fourth-order valence-corrected chi connectivity index (χ4v) is 2.06. The largest absolute Gasteiger partial charge is 0.462 e. The van der Waals surface area contributed by atoms with Gasteiger partial charge in [-0.3, -0.25) is 4.79 Å². The number of hydrogen-bond acceptors (Lipinski definition) is 3. The van der Waals surface area contributed by atoms with E-state index in [0.29, 0.717) is 12.5 Å². The number of carbonyl (C=O) groups excluding carboxylic acids is 1. The second-order valence-electron chi connectivity index (χ2n) is 6.13. The van der Waals surface area contributed by atoms with Gasteiger partial charge in [-0.2, -0.15) is 0 Å². The van der Waals surface area contributed by atoms with Crippen LogP contribution >= 0.6 is 0 Å². The Morgan fingerprint density at radius 1 is 1.11 bits per heavy atom. The van der Waals surface area contributed by atoms with E-state index < -0.39 is 5.41 Å². The molecule has 3 nitrogen and oxygen atoms in total. The van der Waals surface area contributed by atoms with Crippen molar-refractivity contribution in [2.45, 2.75) is 60.5 Å². The fraction of sp³-hybridized carbons (Fsp3) is 0.933. The summed E-state index contributed by atoms with van der Waals surface area (Å²) >= 11 is 0. The summed E-state index contributed by atoms with van der Waals surface area (Å²) < 4.78 is 10.7. The Balaban J connectivity index is 5.01. The summed E-state index contributed by atoms with van der Waals surface area (Å²) in [5, 5.41) is 0. The number of methoxy groups -OCH3 is 1. The Morgan fingerprint density at radius 3 is 2.00 bits per heavy atom. The lowest BCUT2D eigenvalue weighted by Gasteiger charge is -2.35. The summed E-state index contributed by atoms with van der Waals surface area (Å²) in [5.74, 6) is 0.671. The topological polar surface area (TPSA) is 35.5 Å². The lowest BCUT2D eigenvalue weighted by atomic mass is 9.73. The van der Waals surface area contributed by atoms with Gasteiger partial charge in [0.2, 0.25) is 0 Å². The van der Waals surface area contributed by atoms with Crippen LogP contribution in [0.3, 0.4) is 0 Å². The van der Waals surface area contributed by atoms with E-state index in [1.54, 1.807) is 7.11 Å². The molecule has 0 saturated heterocycles. The molecule has 3 heteroatoms. The molecular weight excluding hydrogens is 228 g/mol. The van der Waals surface area contributed by atoms with Gasteiger partial charge >= 0.3 is 5.97 Å². The maximum Gasteiger partial charge on any atom is 0.314 e. The first kappa shape index (κ1) is 17.4. The van der Waals surface area contributed by atoms with Crippen molar-refractivity contribution in [2.24, 2.45) is 17.3 Å². The highest BCUT2D eigenvalue weighted by Gasteiger charge is 2.43. The minimum Gasteiger partial charge on any atom is -0.462 e. The van der Waals surface area contributed by atoms with Crippen LogP contribution in [0.5, 0.6) is 0 Å². The smallest absolute Gasteiger partial charge is 0.314 e. The molecule has 0 aliphatic carbocycles. The molecule has 0 spiro atoms. The second-order valence-corrected chi connectivity index (χ2v) is 6.13. The van der Waals surface area contributed by atoms with Gasteiger partial charge in [-0.05, 0) is 38.5 Å². The molecule has 0 aromatic heterocycles. The van der Waals surface area contributed by atoms with Crippen molar-refractivity contribution < 1.29 is 14.3 Å². The Kier molecular flexibility index (Phi) is 7.53. The lowest BCUT2D eigenvalue weighted by molar-refractivity contribution is -0.168. The van der Waals surface area contributed by atoms with Crippen molar-refractivity contribution in [3.63, 3.8) is 0 Å². The van der Waals surface area contributed by atoms with Crippen LogP contribution in [0.15, 0.2) is 0 Å². The number of rotatable bonds is 8. The van der Waals surface area contributed by atoms with Gasteiger partial charge in [0.15, 0.2) is 0 Å². The van der Waals surface area contributed by atoms with Gasteiger partial charge < -0.3 is 9.47 Å². The average molecular weight is 258 g/mol. The van der Waals surface area contributed by atoms with Crippen LogP contribution in [0.1, 0.15) is 54.4 Å². The number of hydrogen-bond donors (Lipinski definition) is 0. The molecule has 0 N–H and O–H groups in total. The Hall–Kier alpha value is -0.570. The molecule has 0 saturated carbocycles. The molecule has 1 atom stereocenters. The first-order valence-corrected chi connectivity index (χ1v) is 6.96. The van der Waals surface area contributed by atoms with E-state index in [4.69, 9.17) is 9.47 Å². The van der Waals surface area contributed by atoms with Crippen LogP contribution in [-0.2, 0) is 14.3 Å². The van der Waals surface area contributed by atoms with Crippen molar-refractivity contribution in [2.75, 3.05) is 13.7 Å². The Morgan fingerprint density at radius 2 is 1.67 bits per heavy atom. The van der Waals surface area contributed by atoms with Crippen molar-refractivity contribution in [3.05, 3.63) is 0 Å². The molecule has 108 valence electrons. The van der Waals surface area contributed by atoms with Gasteiger partial charge in [0.05, 0.1) is 18.1 Å². The summed E-state index contributed by atoms with van der Waals surface area (Å²) in [6.07, 6.45) is 1.75. The van der Waals surface area contributed by atoms with Gasteiger partial charge in [0, 0.05) is 7.11 Å². The number of esters is 1. The zero-order chi connectivity index (χ0) is 14.3. The summed E-state index contributed by atoms with van der Waals surface area (Å²) in [6, 6.07) is 0. The third kappa shape index (κ3) is 4.97. The van der Waals surface area contributed by atoms with E-state index in [2.05, 4.69) is 27.7 Å². The normalized spacial score (nSPS) is 15.2. The molecule has 0 aliphatic rings. The number of carbonyl (C=O) groups is 1. The van der Waals surface area contributed by atoms with E-state index >= 15 is 0 Å². The molecule has 0 rings (SSSR count). The first-order valence-electron chi connectivity index (χ1n) is 6.96. The SMILES string of the molecule is COCC(CCC(C)C)(C(=O)OC(C)C)C(C)C. The molecule has 0 aromatic rings. The lowest BCUT2D eigenvalue weighted by Crippen LogP contribution is -2.43. The van der Waals surface area contributed by atoms with Crippen LogP contribution in [0.2, 0.25) is 0 Å². The summed E-state index contributed by atoms with van der Waals surface area (Å²) in [4.78, 5) is 12.4. The van der Waals surface area contributed by atoms with Crippen molar-refractivity contribution in [1.29, 1.82) is 0 Å². The van der Waals surface area contributed by atoms with Crippen molar-refractivity contribution >= 4 is 5.97 Å². The summed E-state index contributed by atoms with van der Waals surface area (Å²) in [6.45, 7) is 12.7. The Bertz CT molecular complexity index is 246. The van der Waals surface area contributed by atoms with E-state index in [1.807, 2.05) is 13.8 Å². The Labute approximate surface area is 112 Å². The average Bonchev–Trinajstić information content (AvgIpc) is 2.22. The summed E-state index contributed by atoms with van der Waals surface area (Å²) in [7, 11) is 1.65. The second kappa shape index (κ2) is 7.78.